The van der Waals surface area contributed by atoms with Crippen molar-refractivity contribution in [1.82, 2.24) is 4.98 Å². The molecule has 1 heterocycles. The second kappa shape index (κ2) is 3.37. The van der Waals surface area contributed by atoms with Gasteiger partial charge in [-0.3, -0.25) is 4.79 Å². The van der Waals surface area contributed by atoms with Crippen LogP contribution >= 0.6 is 0 Å². The lowest BCUT2D eigenvalue weighted by molar-refractivity contribution is -0.142. The summed E-state index contributed by atoms with van der Waals surface area (Å²) in [5.41, 5.74) is 3.44. The molecule has 0 aliphatic heterocycles. The maximum absolute atomic E-state index is 11.7. The summed E-state index contributed by atoms with van der Waals surface area (Å²) >= 11 is 0. The zero-order chi connectivity index (χ0) is 11.1. The molecule has 0 bridgehead atoms. The Morgan fingerprint density at radius 3 is 3.06 bits per heavy atom. The van der Waals surface area contributed by atoms with E-state index in [1.807, 2.05) is 18.2 Å². The lowest BCUT2D eigenvalue weighted by atomic mass is 10.0. The quantitative estimate of drug-likeness (QED) is 0.742. The second-order valence-electron chi connectivity index (χ2n) is 4.18. The van der Waals surface area contributed by atoms with E-state index in [9.17, 15) is 4.79 Å². The van der Waals surface area contributed by atoms with Gasteiger partial charge in [-0.15, -0.1) is 0 Å². The van der Waals surface area contributed by atoms with E-state index in [4.69, 9.17) is 4.74 Å². The van der Waals surface area contributed by atoms with Gasteiger partial charge in [0.1, 0.15) is 0 Å². The van der Waals surface area contributed by atoms with Gasteiger partial charge in [-0.1, -0.05) is 18.2 Å². The molecule has 1 aromatic heterocycles. The number of aromatic amines is 1. The maximum atomic E-state index is 11.7. The van der Waals surface area contributed by atoms with Crippen molar-refractivity contribution in [2.24, 2.45) is 0 Å². The topological polar surface area (TPSA) is 42.1 Å². The Morgan fingerprint density at radius 1 is 1.44 bits per heavy atom. The predicted octanol–water partition coefficient (Wildman–Crippen LogP) is 2.37. The van der Waals surface area contributed by atoms with Crippen LogP contribution in [-0.2, 0) is 16.0 Å². The molecule has 1 aromatic carbocycles. The van der Waals surface area contributed by atoms with Gasteiger partial charge >= 0.3 is 5.97 Å². The number of carbonyl (C=O) groups excluding carboxylic acids is 1. The molecule has 1 N–H and O–H groups in total. The average molecular weight is 215 g/mol. The summed E-state index contributed by atoms with van der Waals surface area (Å²) in [4.78, 5) is 15.1. The monoisotopic (exact) mass is 215 g/mol. The molecular formula is C13H13NO2. The molecule has 82 valence electrons. The zero-order valence-corrected chi connectivity index (χ0v) is 9.12. The Labute approximate surface area is 93.4 Å². The first-order valence-corrected chi connectivity index (χ1v) is 5.48. The van der Waals surface area contributed by atoms with E-state index in [0.717, 1.165) is 29.3 Å². The van der Waals surface area contributed by atoms with Crippen molar-refractivity contribution in [3.8, 4) is 0 Å². The lowest BCUT2D eigenvalue weighted by Gasteiger charge is -2.07. The van der Waals surface area contributed by atoms with Crippen molar-refractivity contribution in [3.05, 3.63) is 35.5 Å². The first-order valence-electron chi connectivity index (χ1n) is 5.48. The number of para-hydroxylation sites is 1. The molecule has 1 aliphatic rings. The number of rotatable bonds is 1. The van der Waals surface area contributed by atoms with Crippen LogP contribution in [0.2, 0.25) is 0 Å². The van der Waals surface area contributed by atoms with Gasteiger partial charge in [-0.05, 0) is 24.5 Å². The van der Waals surface area contributed by atoms with Crippen LogP contribution < -0.4 is 0 Å². The molecule has 0 unspecified atom stereocenters. The van der Waals surface area contributed by atoms with Gasteiger partial charge in [-0.2, -0.15) is 0 Å². The number of hydrogen-bond acceptors (Lipinski definition) is 2. The van der Waals surface area contributed by atoms with E-state index in [2.05, 4.69) is 11.1 Å². The van der Waals surface area contributed by atoms with Gasteiger partial charge < -0.3 is 9.72 Å². The molecule has 3 heteroatoms. The summed E-state index contributed by atoms with van der Waals surface area (Å²) in [7, 11) is 1.45. The van der Waals surface area contributed by atoms with Crippen molar-refractivity contribution in [2.45, 2.75) is 18.8 Å². The molecule has 0 spiro atoms. The number of ether oxygens (including phenoxy) is 1. The fourth-order valence-electron chi connectivity index (χ4n) is 2.63. The van der Waals surface area contributed by atoms with Crippen LogP contribution in [0.15, 0.2) is 24.3 Å². The molecule has 0 saturated carbocycles. The number of nitrogens with one attached hydrogen (secondary N) is 1. The Balaban J connectivity index is 2.19. The zero-order valence-electron chi connectivity index (χ0n) is 9.12. The molecule has 3 rings (SSSR count). The molecule has 2 aromatic rings. The van der Waals surface area contributed by atoms with Crippen molar-refractivity contribution in [2.75, 3.05) is 7.11 Å². The minimum absolute atomic E-state index is 0.0869. The van der Waals surface area contributed by atoms with Gasteiger partial charge in [0, 0.05) is 16.6 Å². The Hall–Kier alpha value is -1.77. The van der Waals surface area contributed by atoms with E-state index in [-0.39, 0.29) is 11.9 Å². The first kappa shape index (κ1) is 9.46. The molecule has 1 atom stereocenters. The number of H-pyrrole nitrogens is 1. The summed E-state index contributed by atoms with van der Waals surface area (Å²) in [5, 5.41) is 1.16. The molecule has 0 amide bonds. The van der Waals surface area contributed by atoms with E-state index in [0.29, 0.717) is 0 Å². The van der Waals surface area contributed by atoms with Crippen LogP contribution in [0.5, 0.6) is 0 Å². The molecule has 0 saturated heterocycles. The van der Waals surface area contributed by atoms with Crippen LogP contribution in [-0.4, -0.2) is 18.1 Å². The van der Waals surface area contributed by atoms with Crippen molar-refractivity contribution >= 4 is 16.9 Å². The largest absolute Gasteiger partial charge is 0.469 e. The van der Waals surface area contributed by atoms with Crippen molar-refractivity contribution in [3.63, 3.8) is 0 Å². The average Bonchev–Trinajstić information content (AvgIpc) is 2.86. The number of benzene rings is 1. The Kier molecular flexibility index (Phi) is 1.99. The van der Waals surface area contributed by atoms with E-state index < -0.39 is 0 Å². The number of fused-ring (bicyclic) bond motifs is 3. The molecule has 0 fully saturated rings. The van der Waals surface area contributed by atoms with Crippen molar-refractivity contribution < 1.29 is 9.53 Å². The van der Waals surface area contributed by atoms with Gasteiger partial charge in [0.05, 0.1) is 13.0 Å². The fourth-order valence-corrected chi connectivity index (χ4v) is 2.63. The van der Waals surface area contributed by atoms with Crippen molar-refractivity contribution in [1.29, 1.82) is 0 Å². The molecule has 3 nitrogen and oxygen atoms in total. The first-order chi connectivity index (χ1) is 7.81. The highest BCUT2D eigenvalue weighted by Crippen LogP contribution is 2.38. The lowest BCUT2D eigenvalue weighted by Crippen LogP contribution is -2.11. The summed E-state index contributed by atoms with van der Waals surface area (Å²) in [6.45, 7) is 0. The standard InChI is InChI=1S/C13H13NO2/c1-16-13(15)9-6-7-11-12(9)8-4-2-3-5-10(8)14-11/h2-5,9,14H,6-7H2,1H3/t9-/m0/s1. The number of esters is 1. The highest BCUT2D eigenvalue weighted by Gasteiger charge is 2.32. The highest BCUT2D eigenvalue weighted by atomic mass is 16.5. The Bertz CT molecular complexity index is 556. The summed E-state index contributed by atoms with van der Waals surface area (Å²) in [5.74, 6) is -0.209. The number of carbonyl (C=O) groups is 1. The summed E-state index contributed by atoms with van der Waals surface area (Å²) in [6.07, 6.45) is 1.79. The second-order valence-corrected chi connectivity index (χ2v) is 4.18. The highest BCUT2D eigenvalue weighted by molar-refractivity contribution is 5.92. The minimum Gasteiger partial charge on any atom is -0.469 e. The number of methoxy groups -OCH3 is 1. The fraction of sp³-hybridized carbons (Fsp3) is 0.308. The molecule has 16 heavy (non-hydrogen) atoms. The third kappa shape index (κ3) is 1.18. The number of aromatic nitrogens is 1. The Morgan fingerprint density at radius 2 is 2.25 bits per heavy atom. The smallest absolute Gasteiger partial charge is 0.313 e. The normalized spacial score (nSPS) is 18.7. The van der Waals surface area contributed by atoms with Crippen LogP contribution in [0.3, 0.4) is 0 Å². The third-order valence-electron chi connectivity index (χ3n) is 3.35. The summed E-state index contributed by atoms with van der Waals surface area (Å²) < 4.78 is 4.86. The van der Waals surface area contributed by atoms with Crippen LogP contribution in [0.1, 0.15) is 23.6 Å². The SMILES string of the molecule is COC(=O)[C@H]1CCc2[nH]c3ccccc3c21. The van der Waals surface area contributed by atoms with Gasteiger partial charge in [0.25, 0.3) is 0 Å². The summed E-state index contributed by atoms with van der Waals surface area (Å²) in [6, 6.07) is 8.11. The molecule has 1 aliphatic carbocycles. The van der Waals surface area contributed by atoms with E-state index >= 15 is 0 Å². The van der Waals surface area contributed by atoms with Gasteiger partial charge in [0.15, 0.2) is 0 Å². The van der Waals surface area contributed by atoms with Crippen LogP contribution in [0, 0.1) is 0 Å². The predicted molar refractivity (Wildman–Crippen MR) is 61.4 cm³/mol. The van der Waals surface area contributed by atoms with Crippen LogP contribution in [0.25, 0.3) is 10.9 Å². The van der Waals surface area contributed by atoms with E-state index in [1.165, 1.54) is 12.8 Å². The number of aryl methyl sites for hydroxylation is 1. The van der Waals surface area contributed by atoms with Gasteiger partial charge in [0.2, 0.25) is 0 Å². The van der Waals surface area contributed by atoms with E-state index in [1.54, 1.807) is 0 Å². The third-order valence-corrected chi connectivity index (χ3v) is 3.35. The number of hydrogen-bond donors (Lipinski definition) is 1. The maximum Gasteiger partial charge on any atom is 0.313 e. The molecule has 0 radical (unpaired) electrons. The van der Waals surface area contributed by atoms with Crippen LogP contribution in [0.4, 0.5) is 0 Å². The molecular weight excluding hydrogens is 202 g/mol. The minimum atomic E-state index is -0.122. The van der Waals surface area contributed by atoms with Gasteiger partial charge in [-0.25, -0.2) is 0 Å².